The highest BCUT2D eigenvalue weighted by Gasteiger charge is 2.14. The Bertz CT molecular complexity index is 720. The highest BCUT2D eigenvalue weighted by atomic mass is 79.9. The third-order valence-corrected chi connectivity index (χ3v) is 3.35. The number of benzene rings is 1. The van der Waals surface area contributed by atoms with E-state index in [-0.39, 0.29) is 0 Å². The van der Waals surface area contributed by atoms with Crippen LogP contribution in [0.15, 0.2) is 34.8 Å². The molecule has 5 nitrogen and oxygen atoms in total. The van der Waals surface area contributed by atoms with Gasteiger partial charge in [0.25, 0.3) is 0 Å². The van der Waals surface area contributed by atoms with Crippen molar-refractivity contribution in [3.63, 3.8) is 0 Å². The SMILES string of the molecule is Cc1nc2c(Br)c(N)nc(-c3ccccc3)n2n1. The molecule has 3 aromatic rings. The molecule has 0 atom stereocenters. The Kier molecular flexibility index (Phi) is 2.52. The van der Waals surface area contributed by atoms with Crippen LogP contribution in [0, 0.1) is 6.92 Å². The molecule has 0 aliphatic heterocycles. The Morgan fingerprint density at radius 3 is 2.61 bits per heavy atom. The molecule has 0 unspecified atom stereocenters. The van der Waals surface area contributed by atoms with E-state index < -0.39 is 0 Å². The summed E-state index contributed by atoms with van der Waals surface area (Å²) in [5.41, 5.74) is 7.52. The first-order valence-corrected chi connectivity index (χ1v) is 6.20. The third kappa shape index (κ3) is 1.65. The average Bonchev–Trinajstić information content (AvgIpc) is 2.77. The number of anilines is 1. The van der Waals surface area contributed by atoms with Crippen LogP contribution in [0.3, 0.4) is 0 Å². The molecule has 6 heteroatoms. The molecule has 0 saturated heterocycles. The second kappa shape index (κ2) is 4.06. The molecule has 3 rings (SSSR count). The maximum atomic E-state index is 5.89. The molecule has 0 bridgehead atoms. The minimum absolute atomic E-state index is 0.411. The summed E-state index contributed by atoms with van der Waals surface area (Å²) in [6.45, 7) is 1.84. The van der Waals surface area contributed by atoms with Crippen LogP contribution < -0.4 is 5.73 Å². The van der Waals surface area contributed by atoms with Crippen molar-refractivity contribution in [2.75, 3.05) is 5.73 Å². The van der Waals surface area contributed by atoms with E-state index in [0.29, 0.717) is 27.6 Å². The molecule has 1 aromatic carbocycles. The van der Waals surface area contributed by atoms with Gasteiger partial charge >= 0.3 is 0 Å². The van der Waals surface area contributed by atoms with Crippen molar-refractivity contribution in [2.45, 2.75) is 6.92 Å². The van der Waals surface area contributed by atoms with Crippen LogP contribution in [-0.2, 0) is 0 Å². The molecule has 0 amide bonds. The van der Waals surface area contributed by atoms with Gasteiger partial charge in [-0.3, -0.25) is 0 Å². The topological polar surface area (TPSA) is 69.1 Å². The zero-order valence-corrected chi connectivity index (χ0v) is 11.2. The first kappa shape index (κ1) is 11.2. The third-order valence-electron chi connectivity index (χ3n) is 2.59. The van der Waals surface area contributed by atoms with Crippen molar-refractivity contribution >= 4 is 27.4 Å². The minimum atomic E-state index is 0.411. The molecule has 0 aliphatic rings. The van der Waals surface area contributed by atoms with Crippen LogP contribution in [0.5, 0.6) is 0 Å². The van der Waals surface area contributed by atoms with E-state index in [2.05, 4.69) is 31.0 Å². The molecule has 90 valence electrons. The van der Waals surface area contributed by atoms with Crippen LogP contribution >= 0.6 is 15.9 Å². The fraction of sp³-hybridized carbons (Fsp3) is 0.0833. The number of hydrogen-bond acceptors (Lipinski definition) is 4. The van der Waals surface area contributed by atoms with Crippen molar-refractivity contribution in [3.05, 3.63) is 40.6 Å². The normalized spacial score (nSPS) is 11.0. The van der Waals surface area contributed by atoms with E-state index in [4.69, 9.17) is 5.73 Å². The number of nitrogen functional groups attached to an aromatic ring is 1. The monoisotopic (exact) mass is 303 g/mol. The predicted octanol–water partition coefficient (Wildman–Crippen LogP) is 2.44. The summed E-state index contributed by atoms with van der Waals surface area (Å²) in [6.07, 6.45) is 0. The Morgan fingerprint density at radius 2 is 1.89 bits per heavy atom. The fourth-order valence-corrected chi connectivity index (χ4v) is 2.15. The minimum Gasteiger partial charge on any atom is -0.383 e. The predicted molar refractivity (Wildman–Crippen MR) is 73.1 cm³/mol. The summed E-state index contributed by atoms with van der Waals surface area (Å²) in [4.78, 5) is 8.72. The number of aryl methyl sites for hydroxylation is 1. The van der Waals surface area contributed by atoms with Gasteiger partial charge in [-0.1, -0.05) is 30.3 Å². The lowest BCUT2D eigenvalue weighted by atomic mass is 10.2. The molecule has 2 N–H and O–H groups in total. The van der Waals surface area contributed by atoms with Crippen LogP contribution in [0.1, 0.15) is 5.82 Å². The van der Waals surface area contributed by atoms with Gasteiger partial charge in [-0.15, -0.1) is 5.10 Å². The lowest BCUT2D eigenvalue weighted by Crippen LogP contribution is -2.03. The first-order chi connectivity index (χ1) is 8.66. The van der Waals surface area contributed by atoms with Gasteiger partial charge < -0.3 is 5.73 Å². The maximum absolute atomic E-state index is 5.89. The Labute approximate surface area is 112 Å². The molecule has 2 heterocycles. The van der Waals surface area contributed by atoms with Gasteiger partial charge in [-0.05, 0) is 22.9 Å². The molecule has 0 aliphatic carbocycles. The average molecular weight is 304 g/mol. The molecular formula is C12H10BrN5. The quantitative estimate of drug-likeness (QED) is 0.749. The van der Waals surface area contributed by atoms with Crippen LogP contribution in [-0.4, -0.2) is 19.6 Å². The smallest absolute Gasteiger partial charge is 0.175 e. The van der Waals surface area contributed by atoms with Crippen molar-refractivity contribution in [1.29, 1.82) is 0 Å². The van der Waals surface area contributed by atoms with Crippen molar-refractivity contribution in [2.24, 2.45) is 0 Å². The summed E-state index contributed by atoms with van der Waals surface area (Å²) in [5.74, 6) is 1.78. The van der Waals surface area contributed by atoms with E-state index in [1.165, 1.54) is 0 Å². The van der Waals surface area contributed by atoms with Gasteiger partial charge in [0, 0.05) is 5.56 Å². The number of nitrogens with two attached hydrogens (primary N) is 1. The van der Waals surface area contributed by atoms with E-state index in [1.807, 2.05) is 37.3 Å². The lowest BCUT2D eigenvalue weighted by molar-refractivity contribution is 0.910. The van der Waals surface area contributed by atoms with E-state index >= 15 is 0 Å². The second-order valence-electron chi connectivity index (χ2n) is 3.90. The summed E-state index contributed by atoms with van der Waals surface area (Å²) in [7, 11) is 0. The second-order valence-corrected chi connectivity index (χ2v) is 4.69. The van der Waals surface area contributed by atoms with Crippen LogP contribution in [0.25, 0.3) is 17.0 Å². The molecule has 0 spiro atoms. The lowest BCUT2D eigenvalue weighted by Gasteiger charge is -2.06. The zero-order chi connectivity index (χ0) is 12.7. The number of fused-ring (bicyclic) bond motifs is 1. The molecular weight excluding hydrogens is 294 g/mol. The standard InChI is InChI=1S/C12H10BrN5/c1-7-15-12-9(13)10(14)16-11(18(12)17-7)8-5-3-2-4-6-8/h2-6H,14H2,1H3. The van der Waals surface area contributed by atoms with E-state index in [1.54, 1.807) is 4.52 Å². The van der Waals surface area contributed by atoms with Gasteiger partial charge in [0.15, 0.2) is 11.5 Å². The summed E-state index contributed by atoms with van der Waals surface area (Å²) in [5, 5.41) is 4.35. The maximum Gasteiger partial charge on any atom is 0.175 e. The van der Waals surface area contributed by atoms with Gasteiger partial charge in [-0.25, -0.2) is 9.97 Å². The van der Waals surface area contributed by atoms with Crippen molar-refractivity contribution in [1.82, 2.24) is 19.6 Å². The van der Waals surface area contributed by atoms with E-state index in [9.17, 15) is 0 Å². The summed E-state index contributed by atoms with van der Waals surface area (Å²) in [6, 6.07) is 9.78. The number of aromatic nitrogens is 4. The summed E-state index contributed by atoms with van der Waals surface area (Å²) < 4.78 is 2.37. The van der Waals surface area contributed by atoms with Gasteiger partial charge in [0.1, 0.15) is 16.1 Å². The number of rotatable bonds is 1. The van der Waals surface area contributed by atoms with Crippen LogP contribution in [0.4, 0.5) is 5.82 Å². The van der Waals surface area contributed by atoms with Crippen molar-refractivity contribution < 1.29 is 0 Å². The summed E-state index contributed by atoms with van der Waals surface area (Å²) >= 11 is 3.39. The zero-order valence-electron chi connectivity index (χ0n) is 9.63. The van der Waals surface area contributed by atoms with Crippen molar-refractivity contribution in [3.8, 4) is 11.4 Å². The Balaban J connectivity index is 2.39. The first-order valence-electron chi connectivity index (χ1n) is 5.40. The largest absolute Gasteiger partial charge is 0.383 e. The molecule has 0 fully saturated rings. The molecule has 18 heavy (non-hydrogen) atoms. The van der Waals surface area contributed by atoms with Gasteiger partial charge in [0.2, 0.25) is 0 Å². The fourth-order valence-electron chi connectivity index (χ4n) is 1.80. The number of halogens is 1. The highest BCUT2D eigenvalue weighted by Crippen LogP contribution is 2.27. The Morgan fingerprint density at radius 1 is 1.17 bits per heavy atom. The Hall–Kier alpha value is -1.95. The molecule has 0 radical (unpaired) electrons. The molecule has 2 aromatic heterocycles. The van der Waals surface area contributed by atoms with Gasteiger partial charge in [-0.2, -0.15) is 4.52 Å². The number of nitrogens with zero attached hydrogens (tertiary/aromatic N) is 4. The highest BCUT2D eigenvalue weighted by molar-refractivity contribution is 9.10. The number of hydrogen-bond donors (Lipinski definition) is 1. The van der Waals surface area contributed by atoms with E-state index in [0.717, 1.165) is 5.56 Å². The van der Waals surface area contributed by atoms with Crippen LogP contribution in [0.2, 0.25) is 0 Å². The van der Waals surface area contributed by atoms with Gasteiger partial charge in [0.05, 0.1) is 0 Å². The molecule has 0 saturated carbocycles.